The Balaban J connectivity index is 0.00000386. The number of aryl methyl sites for hydroxylation is 3. The minimum Gasteiger partial charge on any atom is -0.509 e. The van der Waals surface area contributed by atoms with E-state index in [1.54, 1.807) is 4.68 Å². The van der Waals surface area contributed by atoms with Gasteiger partial charge in [-0.2, -0.15) is 12.1 Å². The summed E-state index contributed by atoms with van der Waals surface area (Å²) in [6, 6.07) is 35.3. The van der Waals surface area contributed by atoms with Crippen LogP contribution in [0.2, 0.25) is 0 Å². The SMILES string of the molecule is CCOc1nn(-c2[c-]c(Oc3[c-]c4c(cc3)c3ccccc3n4-c3cc(C)ccn3)ccc2)c(OCC)c1-c1c(C)cccc1C.[Pt+2]. The van der Waals surface area contributed by atoms with Crippen LogP contribution in [0.4, 0.5) is 0 Å². The monoisotopic (exact) mass is 801 g/mol. The molecule has 0 fully saturated rings. The molecule has 7 nitrogen and oxygen atoms in total. The summed E-state index contributed by atoms with van der Waals surface area (Å²) in [4.78, 5) is 4.68. The molecule has 47 heavy (non-hydrogen) atoms. The standard InChI is InChI=1S/C39H34N4O3.Pt/c1-6-44-38-37(36-26(4)12-10-13-27(36)5)39(45-7-2)43(41-38)28-14-11-15-29(23-28)46-30-18-19-32-31-16-8-9-17-33(31)42(34(32)24-30)35-22-25(3)20-21-40-35;/h8-22H,6-7H2,1-5H3;/q-2;+2. The summed E-state index contributed by atoms with van der Waals surface area (Å²) >= 11 is 0. The Bertz CT molecular complexity index is 2200. The number of rotatable bonds is 9. The van der Waals surface area contributed by atoms with Gasteiger partial charge in [-0.05, 0) is 86.1 Å². The van der Waals surface area contributed by atoms with Gasteiger partial charge in [0.25, 0.3) is 0 Å². The van der Waals surface area contributed by atoms with E-state index < -0.39 is 0 Å². The van der Waals surface area contributed by atoms with Crippen molar-refractivity contribution in [1.82, 2.24) is 19.3 Å². The smallest absolute Gasteiger partial charge is 0.509 e. The molecule has 0 unspecified atom stereocenters. The van der Waals surface area contributed by atoms with Crippen molar-refractivity contribution in [2.24, 2.45) is 0 Å². The van der Waals surface area contributed by atoms with E-state index >= 15 is 0 Å². The van der Waals surface area contributed by atoms with Gasteiger partial charge in [-0.3, -0.25) is 0 Å². The molecule has 0 N–H and O–H groups in total. The van der Waals surface area contributed by atoms with E-state index in [0.29, 0.717) is 42.2 Å². The molecule has 238 valence electrons. The second-order valence-electron chi connectivity index (χ2n) is 11.2. The molecule has 3 aromatic heterocycles. The maximum Gasteiger partial charge on any atom is 2.00 e. The van der Waals surface area contributed by atoms with Gasteiger partial charge in [-0.25, -0.2) is 9.67 Å². The number of aromatic nitrogens is 4. The van der Waals surface area contributed by atoms with Crippen LogP contribution in [-0.4, -0.2) is 32.5 Å². The van der Waals surface area contributed by atoms with E-state index in [0.717, 1.165) is 55.4 Å². The van der Waals surface area contributed by atoms with Crippen LogP contribution in [-0.2, 0) is 21.1 Å². The van der Waals surface area contributed by atoms with E-state index in [1.807, 2.05) is 56.4 Å². The number of pyridine rings is 1. The van der Waals surface area contributed by atoms with E-state index in [-0.39, 0.29) is 21.1 Å². The third-order valence-electron chi connectivity index (χ3n) is 7.99. The minimum atomic E-state index is 0. The van der Waals surface area contributed by atoms with Crippen molar-refractivity contribution in [3.63, 3.8) is 0 Å². The second kappa shape index (κ2) is 13.5. The van der Waals surface area contributed by atoms with E-state index in [4.69, 9.17) is 19.3 Å². The third-order valence-corrected chi connectivity index (χ3v) is 7.99. The van der Waals surface area contributed by atoms with Crippen LogP contribution in [0.3, 0.4) is 0 Å². The first-order valence-corrected chi connectivity index (χ1v) is 15.5. The Labute approximate surface area is 289 Å². The van der Waals surface area contributed by atoms with Gasteiger partial charge in [0.15, 0.2) is 0 Å². The Kier molecular flexibility index (Phi) is 9.19. The number of ether oxygens (including phenoxy) is 3. The van der Waals surface area contributed by atoms with Crippen molar-refractivity contribution < 1.29 is 35.3 Å². The zero-order valence-electron chi connectivity index (χ0n) is 26.9. The maximum atomic E-state index is 6.41. The largest absolute Gasteiger partial charge is 2.00 e. The van der Waals surface area contributed by atoms with Gasteiger partial charge in [-0.15, -0.1) is 40.8 Å². The average molecular weight is 802 g/mol. The summed E-state index contributed by atoms with van der Waals surface area (Å²) in [5.74, 6) is 3.03. The first-order valence-electron chi connectivity index (χ1n) is 15.5. The van der Waals surface area contributed by atoms with Crippen LogP contribution in [0.15, 0.2) is 91.1 Å². The number of para-hydroxylation sites is 1. The van der Waals surface area contributed by atoms with Gasteiger partial charge < -0.3 is 18.8 Å². The number of fused-ring (bicyclic) bond motifs is 3. The molecule has 0 amide bonds. The normalized spacial score (nSPS) is 11.1. The van der Waals surface area contributed by atoms with Crippen molar-refractivity contribution in [3.8, 4) is 45.9 Å². The fourth-order valence-electron chi connectivity index (χ4n) is 6.03. The molecule has 0 bridgehead atoms. The predicted molar refractivity (Wildman–Crippen MR) is 182 cm³/mol. The molecule has 8 heteroatoms. The zero-order chi connectivity index (χ0) is 31.8. The number of hydrogen-bond donors (Lipinski definition) is 0. The first kappa shape index (κ1) is 32.1. The average Bonchev–Trinajstić information content (AvgIpc) is 3.57. The van der Waals surface area contributed by atoms with Crippen molar-refractivity contribution in [2.45, 2.75) is 34.6 Å². The molecule has 0 atom stereocenters. The van der Waals surface area contributed by atoms with Gasteiger partial charge in [0.2, 0.25) is 11.8 Å². The molecule has 7 rings (SSSR count). The summed E-state index contributed by atoms with van der Waals surface area (Å²) in [6.07, 6.45) is 1.83. The number of benzene rings is 4. The zero-order valence-corrected chi connectivity index (χ0v) is 29.2. The van der Waals surface area contributed by atoms with Crippen LogP contribution in [0, 0.1) is 32.9 Å². The van der Waals surface area contributed by atoms with Crippen LogP contribution in [0.5, 0.6) is 23.3 Å². The van der Waals surface area contributed by atoms with Gasteiger partial charge >= 0.3 is 21.1 Å². The van der Waals surface area contributed by atoms with Crippen LogP contribution >= 0.6 is 0 Å². The fraction of sp³-hybridized carbons (Fsp3) is 0.179. The van der Waals surface area contributed by atoms with Gasteiger partial charge in [0.05, 0.1) is 13.2 Å². The summed E-state index contributed by atoms with van der Waals surface area (Å²) in [5.41, 5.74) is 7.86. The molecular weight excluding hydrogens is 768 g/mol. The van der Waals surface area contributed by atoms with Crippen LogP contribution in [0.25, 0.3) is 44.4 Å². The maximum absolute atomic E-state index is 6.41. The Morgan fingerprint density at radius 3 is 2.23 bits per heavy atom. The molecule has 0 aliphatic heterocycles. The summed E-state index contributed by atoms with van der Waals surface area (Å²) in [5, 5.41) is 7.08. The van der Waals surface area contributed by atoms with E-state index in [9.17, 15) is 0 Å². The summed E-state index contributed by atoms with van der Waals surface area (Å²) in [7, 11) is 0. The van der Waals surface area contributed by atoms with Gasteiger partial charge in [0.1, 0.15) is 11.4 Å². The van der Waals surface area contributed by atoms with Crippen LogP contribution < -0.4 is 14.2 Å². The molecule has 0 saturated carbocycles. The van der Waals surface area contributed by atoms with Crippen LogP contribution in [0.1, 0.15) is 30.5 Å². The van der Waals surface area contributed by atoms with Crippen molar-refractivity contribution in [2.75, 3.05) is 13.2 Å². The van der Waals surface area contributed by atoms with E-state index in [2.05, 4.69) is 91.0 Å². The quantitative estimate of drug-likeness (QED) is 0.136. The minimum absolute atomic E-state index is 0. The van der Waals surface area contributed by atoms with Gasteiger partial charge in [0, 0.05) is 23.2 Å². The molecule has 0 aliphatic rings. The topological polar surface area (TPSA) is 63.3 Å². The summed E-state index contributed by atoms with van der Waals surface area (Å²) < 4.78 is 22.6. The Hall–Kier alpha value is -4.87. The Morgan fingerprint density at radius 1 is 0.723 bits per heavy atom. The molecule has 0 radical (unpaired) electrons. The Morgan fingerprint density at radius 2 is 1.47 bits per heavy atom. The molecular formula is C39H34N4O3Pt. The van der Waals surface area contributed by atoms with E-state index in [1.165, 1.54) is 0 Å². The molecule has 4 aromatic carbocycles. The number of nitrogens with zero attached hydrogens (tertiary/aromatic N) is 4. The molecule has 7 aromatic rings. The molecule has 0 spiro atoms. The summed E-state index contributed by atoms with van der Waals surface area (Å²) in [6.45, 7) is 11.1. The van der Waals surface area contributed by atoms with Gasteiger partial charge in [-0.1, -0.05) is 41.9 Å². The predicted octanol–water partition coefficient (Wildman–Crippen LogP) is 9.14. The van der Waals surface area contributed by atoms with Crippen molar-refractivity contribution >= 4 is 21.8 Å². The number of hydrogen-bond acceptors (Lipinski definition) is 5. The fourth-order valence-corrected chi connectivity index (χ4v) is 6.03. The molecule has 0 saturated heterocycles. The first-order chi connectivity index (χ1) is 22.5. The second-order valence-corrected chi connectivity index (χ2v) is 11.2. The third kappa shape index (κ3) is 5.92. The molecule has 0 aliphatic carbocycles. The van der Waals surface area contributed by atoms with Crippen molar-refractivity contribution in [3.05, 3.63) is 120 Å². The molecule has 3 heterocycles. The van der Waals surface area contributed by atoms with Crippen molar-refractivity contribution in [1.29, 1.82) is 0 Å².